The molecule has 0 aliphatic carbocycles. The van der Waals surface area contributed by atoms with Gasteiger partial charge in [-0.3, -0.25) is 4.79 Å². The van der Waals surface area contributed by atoms with Gasteiger partial charge < -0.3 is 50.5 Å². The summed E-state index contributed by atoms with van der Waals surface area (Å²) < 4.78 is 11.1. The number of unbranched alkanes of at least 4 members (excludes halogenated alkanes) is 22. The third-order valence-corrected chi connectivity index (χ3v) is 11.6. The zero-order chi connectivity index (χ0) is 44.1. The van der Waals surface area contributed by atoms with Gasteiger partial charge in [0, 0.05) is 0 Å². The second-order valence-corrected chi connectivity index (χ2v) is 17.2. The fourth-order valence-electron chi connectivity index (χ4n) is 7.57. The molecule has 9 unspecified atom stereocenters. The molecule has 0 aromatic carbocycles. The smallest absolute Gasteiger partial charge is 0.249 e. The van der Waals surface area contributed by atoms with Gasteiger partial charge in [0.25, 0.3) is 0 Å². The third kappa shape index (κ3) is 28.1. The van der Waals surface area contributed by atoms with Gasteiger partial charge in [0.1, 0.15) is 36.6 Å². The Morgan fingerprint density at radius 2 is 1.00 bits per heavy atom. The van der Waals surface area contributed by atoms with E-state index in [-0.39, 0.29) is 12.8 Å². The molecule has 0 radical (unpaired) electrons. The Bertz CT molecular complexity index is 1070. The molecular formula is C49H91NO10. The van der Waals surface area contributed by atoms with Crippen molar-refractivity contribution in [2.45, 2.75) is 255 Å². The number of carbonyl (C=O) groups is 1. The molecule has 1 aliphatic heterocycles. The van der Waals surface area contributed by atoms with Gasteiger partial charge in [-0.1, -0.05) is 159 Å². The Kier molecular flexibility index (Phi) is 36.6. The van der Waals surface area contributed by atoms with Crippen molar-refractivity contribution in [3.8, 4) is 0 Å². The number of rotatable bonds is 40. The first-order chi connectivity index (χ1) is 29.2. The highest BCUT2D eigenvalue weighted by molar-refractivity contribution is 5.80. The fourth-order valence-corrected chi connectivity index (χ4v) is 7.57. The van der Waals surface area contributed by atoms with E-state index in [0.717, 1.165) is 57.8 Å². The number of nitrogens with one attached hydrogen (secondary N) is 1. The van der Waals surface area contributed by atoms with Crippen molar-refractivity contribution < 1.29 is 50.0 Å². The van der Waals surface area contributed by atoms with Crippen molar-refractivity contribution in [3.05, 3.63) is 36.5 Å². The number of amides is 1. The van der Waals surface area contributed by atoms with E-state index in [1.54, 1.807) is 0 Å². The van der Waals surface area contributed by atoms with Crippen LogP contribution < -0.4 is 5.32 Å². The summed E-state index contributed by atoms with van der Waals surface area (Å²) in [4.78, 5) is 13.1. The summed E-state index contributed by atoms with van der Waals surface area (Å²) in [6.45, 7) is 3.40. The number of aliphatic hydroxyl groups is 7. The van der Waals surface area contributed by atoms with E-state index < -0.39 is 74.2 Å². The van der Waals surface area contributed by atoms with Gasteiger partial charge in [-0.15, -0.1) is 0 Å². The Morgan fingerprint density at radius 3 is 1.48 bits per heavy atom. The van der Waals surface area contributed by atoms with Crippen molar-refractivity contribution in [2.24, 2.45) is 0 Å². The molecule has 0 aromatic heterocycles. The number of ether oxygens (including phenoxy) is 2. The van der Waals surface area contributed by atoms with E-state index in [2.05, 4.69) is 55.6 Å². The van der Waals surface area contributed by atoms with E-state index in [0.29, 0.717) is 19.3 Å². The highest BCUT2D eigenvalue weighted by atomic mass is 16.7. The van der Waals surface area contributed by atoms with Crippen LogP contribution in [0.15, 0.2) is 36.5 Å². The van der Waals surface area contributed by atoms with Crippen LogP contribution >= 0.6 is 0 Å². The zero-order valence-electron chi connectivity index (χ0n) is 37.9. The van der Waals surface area contributed by atoms with Crippen LogP contribution in [0, 0.1) is 0 Å². The summed E-state index contributed by atoms with van der Waals surface area (Å²) >= 11 is 0. The average molecular weight is 854 g/mol. The second-order valence-electron chi connectivity index (χ2n) is 17.2. The van der Waals surface area contributed by atoms with Crippen LogP contribution in [0.1, 0.15) is 200 Å². The number of hydrogen-bond acceptors (Lipinski definition) is 10. The normalized spacial score (nSPS) is 21.9. The summed E-state index contributed by atoms with van der Waals surface area (Å²) in [5, 5.41) is 75.7. The molecule has 1 heterocycles. The molecule has 1 amide bonds. The highest BCUT2D eigenvalue weighted by Gasteiger charge is 2.44. The average Bonchev–Trinajstić information content (AvgIpc) is 3.25. The zero-order valence-corrected chi connectivity index (χ0v) is 37.9. The first-order valence-electron chi connectivity index (χ1n) is 24.4. The number of hydrogen-bond donors (Lipinski definition) is 8. The third-order valence-electron chi connectivity index (χ3n) is 11.6. The van der Waals surface area contributed by atoms with Crippen molar-refractivity contribution >= 4 is 5.91 Å². The molecule has 1 rings (SSSR count). The summed E-state index contributed by atoms with van der Waals surface area (Å²) in [7, 11) is 0. The molecule has 352 valence electrons. The minimum Gasteiger partial charge on any atom is -0.394 e. The van der Waals surface area contributed by atoms with E-state index in [4.69, 9.17) is 9.47 Å². The second kappa shape index (κ2) is 39.0. The van der Waals surface area contributed by atoms with E-state index >= 15 is 0 Å². The topological polar surface area (TPSA) is 189 Å². The van der Waals surface area contributed by atoms with Crippen LogP contribution in [-0.4, -0.2) is 110 Å². The van der Waals surface area contributed by atoms with E-state index in [9.17, 15) is 40.5 Å². The quantitative estimate of drug-likeness (QED) is 0.0220. The molecule has 8 N–H and O–H groups in total. The summed E-state index contributed by atoms with van der Waals surface area (Å²) in [6, 6.07) is -1.19. The van der Waals surface area contributed by atoms with Crippen LogP contribution in [0.5, 0.6) is 0 Å². The minimum atomic E-state index is -1.67. The summed E-state index contributed by atoms with van der Waals surface area (Å²) in [5.74, 6) is -0.716. The Balaban J connectivity index is 2.46. The van der Waals surface area contributed by atoms with Crippen LogP contribution in [-0.2, 0) is 14.3 Å². The number of aliphatic hydroxyl groups excluding tert-OH is 7. The van der Waals surface area contributed by atoms with Crippen molar-refractivity contribution in [3.63, 3.8) is 0 Å². The van der Waals surface area contributed by atoms with Crippen LogP contribution in [0.2, 0.25) is 0 Å². The lowest BCUT2D eigenvalue weighted by Gasteiger charge is -2.40. The minimum absolute atomic E-state index is 0.244. The summed E-state index contributed by atoms with van der Waals surface area (Å²) in [5.41, 5.74) is 0. The Morgan fingerprint density at radius 1 is 0.567 bits per heavy atom. The predicted molar refractivity (Wildman–Crippen MR) is 242 cm³/mol. The van der Waals surface area contributed by atoms with Crippen LogP contribution in [0.3, 0.4) is 0 Å². The van der Waals surface area contributed by atoms with Crippen LogP contribution in [0.25, 0.3) is 0 Å². The highest BCUT2D eigenvalue weighted by Crippen LogP contribution is 2.23. The molecule has 11 nitrogen and oxygen atoms in total. The van der Waals surface area contributed by atoms with Gasteiger partial charge in [0.2, 0.25) is 5.91 Å². The molecule has 0 saturated carbocycles. The van der Waals surface area contributed by atoms with Crippen molar-refractivity contribution in [1.29, 1.82) is 0 Å². The molecule has 9 atom stereocenters. The van der Waals surface area contributed by atoms with E-state index in [1.807, 2.05) is 0 Å². The Hall–Kier alpha value is -1.67. The molecule has 1 saturated heterocycles. The molecular weight excluding hydrogens is 763 g/mol. The molecule has 1 fully saturated rings. The van der Waals surface area contributed by atoms with Crippen molar-refractivity contribution in [1.82, 2.24) is 5.32 Å². The van der Waals surface area contributed by atoms with Gasteiger partial charge in [0.05, 0.1) is 25.4 Å². The van der Waals surface area contributed by atoms with Gasteiger partial charge in [0.15, 0.2) is 6.29 Å². The molecule has 0 spiro atoms. The van der Waals surface area contributed by atoms with Gasteiger partial charge in [-0.05, 0) is 77.0 Å². The monoisotopic (exact) mass is 854 g/mol. The lowest BCUT2D eigenvalue weighted by atomic mass is 9.98. The van der Waals surface area contributed by atoms with Gasteiger partial charge in [-0.25, -0.2) is 0 Å². The first-order valence-corrected chi connectivity index (χ1v) is 24.4. The maximum atomic E-state index is 13.1. The van der Waals surface area contributed by atoms with E-state index in [1.165, 1.54) is 96.3 Å². The SMILES string of the molecule is CCCCCCCC/C=C/CC/C=C/CCCC(O)C(O)C(COC1OC(CO)C(O)C(O)C1O)NC(=O)C(O)CCCCCCCC/C=C\CCCCCCCCCC. The molecule has 11 heteroatoms. The molecule has 60 heavy (non-hydrogen) atoms. The molecule has 1 aliphatic rings. The number of allylic oxidation sites excluding steroid dienone is 6. The van der Waals surface area contributed by atoms with Crippen molar-refractivity contribution in [2.75, 3.05) is 13.2 Å². The fraction of sp³-hybridized carbons (Fsp3) is 0.857. The first kappa shape index (κ1) is 56.3. The largest absolute Gasteiger partial charge is 0.394 e. The predicted octanol–water partition coefficient (Wildman–Crippen LogP) is 8.39. The summed E-state index contributed by atoms with van der Waals surface area (Å²) in [6.07, 6.45) is 33.3. The van der Waals surface area contributed by atoms with Crippen LogP contribution in [0.4, 0.5) is 0 Å². The lowest BCUT2D eigenvalue weighted by molar-refractivity contribution is -0.303. The maximum Gasteiger partial charge on any atom is 0.249 e. The standard InChI is InChI=1S/C49H91NO10/c1-3-5-7-9-11-13-15-17-19-20-21-23-25-27-29-31-33-35-37-42(53)48(58)50-40(39-59-49-47(57)46(56)45(55)43(38-51)60-49)44(54)41(52)36-34-32-30-28-26-24-22-18-16-14-12-10-8-6-4-2/h18,20-22,28,30,40-47,49,51-57H,3-17,19,23-27,29,31-39H2,1-2H3,(H,50,58)/b21-20-,22-18+,30-28+. The molecule has 0 aromatic rings. The Labute approximate surface area is 365 Å². The van der Waals surface area contributed by atoms with Gasteiger partial charge in [-0.2, -0.15) is 0 Å². The maximum absolute atomic E-state index is 13.1. The number of carbonyl (C=O) groups excluding carboxylic acids is 1. The molecule has 0 bridgehead atoms. The lowest BCUT2D eigenvalue weighted by Crippen LogP contribution is -2.60. The van der Waals surface area contributed by atoms with Gasteiger partial charge >= 0.3 is 0 Å².